The molecule has 0 spiro atoms. The number of hydrogen-bond donors (Lipinski definition) is 1. The Morgan fingerprint density at radius 1 is 1.33 bits per heavy atom. The first kappa shape index (κ1) is 15.3. The first-order valence-corrected chi connectivity index (χ1v) is 6.41. The Bertz CT molecular complexity index is 393. The van der Waals surface area contributed by atoms with Gasteiger partial charge in [-0.15, -0.1) is 0 Å². The van der Waals surface area contributed by atoms with Crippen LogP contribution >= 0.6 is 11.6 Å². The van der Waals surface area contributed by atoms with E-state index in [1.54, 1.807) is 20.3 Å². The smallest absolute Gasteiger partial charge is 0.123 e. The summed E-state index contributed by atoms with van der Waals surface area (Å²) >= 11 is 6.00. The van der Waals surface area contributed by atoms with Crippen LogP contribution in [-0.2, 0) is 4.74 Å². The molecule has 0 heterocycles. The molecule has 0 fully saturated rings. The Morgan fingerprint density at radius 2 is 2.00 bits per heavy atom. The highest BCUT2D eigenvalue weighted by Crippen LogP contribution is 2.31. The lowest BCUT2D eigenvalue weighted by atomic mass is 9.95. The lowest BCUT2D eigenvalue weighted by Gasteiger charge is -2.25. The zero-order valence-corrected chi connectivity index (χ0v) is 12.3. The molecule has 18 heavy (non-hydrogen) atoms. The van der Waals surface area contributed by atoms with Gasteiger partial charge in [0.05, 0.1) is 12.7 Å². The molecule has 0 amide bonds. The van der Waals surface area contributed by atoms with Gasteiger partial charge < -0.3 is 15.2 Å². The van der Waals surface area contributed by atoms with Crippen LogP contribution in [0.25, 0.3) is 0 Å². The average molecular weight is 272 g/mol. The molecule has 1 unspecified atom stereocenters. The topological polar surface area (TPSA) is 44.5 Å². The molecule has 3 nitrogen and oxygen atoms in total. The SMILES string of the molecule is COc1ccc(Cl)cc1C(N)CCC(C)(C)OC. The van der Waals surface area contributed by atoms with Gasteiger partial charge in [-0.1, -0.05) is 11.6 Å². The summed E-state index contributed by atoms with van der Waals surface area (Å²) in [6, 6.07) is 5.41. The van der Waals surface area contributed by atoms with Crippen LogP contribution in [-0.4, -0.2) is 19.8 Å². The van der Waals surface area contributed by atoms with Gasteiger partial charge >= 0.3 is 0 Å². The Kier molecular flexibility index (Phi) is 5.45. The van der Waals surface area contributed by atoms with Crippen LogP contribution in [0.4, 0.5) is 0 Å². The van der Waals surface area contributed by atoms with Crippen LogP contribution in [0.5, 0.6) is 5.75 Å². The molecule has 0 aliphatic carbocycles. The molecule has 0 bridgehead atoms. The van der Waals surface area contributed by atoms with E-state index in [9.17, 15) is 0 Å². The zero-order chi connectivity index (χ0) is 13.8. The molecule has 102 valence electrons. The summed E-state index contributed by atoms with van der Waals surface area (Å²) in [6.07, 6.45) is 1.69. The van der Waals surface area contributed by atoms with Gasteiger partial charge in [0.1, 0.15) is 5.75 Å². The first-order chi connectivity index (χ1) is 8.39. The van der Waals surface area contributed by atoms with E-state index in [1.165, 1.54) is 0 Å². The quantitative estimate of drug-likeness (QED) is 0.860. The van der Waals surface area contributed by atoms with E-state index in [1.807, 2.05) is 12.1 Å². The average Bonchev–Trinajstić information content (AvgIpc) is 2.36. The van der Waals surface area contributed by atoms with Crippen LogP contribution in [0.1, 0.15) is 38.3 Å². The predicted molar refractivity (Wildman–Crippen MR) is 75.3 cm³/mol. The molecule has 0 radical (unpaired) electrons. The lowest BCUT2D eigenvalue weighted by Crippen LogP contribution is -2.24. The highest BCUT2D eigenvalue weighted by molar-refractivity contribution is 6.30. The summed E-state index contributed by atoms with van der Waals surface area (Å²) in [5, 5.41) is 0.673. The number of rotatable bonds is 6. The van der Waals surface area contributed by atoms with Crippen LogP contribution in [0.2, 0.25) is 5.02 Å². The first-order valence-electron chi connectivity index (χ1n) is 6.04. The van der Waals surface area contributed by atoms with E-state index in [2.05, 4.69) is 13.8 Å². The fourth-order valence-electron chi connectivity index (χ4n) is 1.76. The van der Waals surface area contributed by atoms with Crippen molar-refractivity contribution in [3.05, 3.63) is 28.8 Å². The van der Waals surface area contributed by atoms with Gasteiger partial charge in [0.15, 0.2) is 0 Å². The van der Waals surface area contributed by atoms with E-state index in [4.69, 9.17) is 26.8 Å². The Balaban J connectivity index is 2.77. The lowest BCUT2D eigenvalue weighted by molar-refractivity contribution is 0.0124. The third kappa shape index (κ3) is 4.16. The van der Waals surface area contributed by atoms with Crippen molar-refractivity contribution >= 4 is 11.6 Å². The standard InChI is InChI=1S/C14H22ClNO2/c1-14(2,18-4)8-7-12(16)11-9-10(15)5-6-13(11)17-3/h5-6,9,12H,7-8,16H2,1-4H3. The van der Waals surface area contributed by atoms with Gasteiger partial charge in [-0.2, -0.15) is 0 Å². The van der Waals surface area contributed by atoms with E-state index >= 15 is 0 Å². The van der Waals surface area contributed by atoms with Crippen molar-refractivity contribution in [3.8, 4) is 5.75 Å². The highest BCUT2D eigenvalue weighted by Gasteiger charge is 2.20. The van der Waals surface area contributed by atoms with E-state index in [0.29, 0.717) is 5.02 Å². The van der Waals surface area contributed by atoms with E-state index in [-0.39, 0.29) is 11.6 Å². The second kappa shape index (κ2) is 6.41. The van der Waals surface area contributed by atoms with Crippen LogP contribution in [0.3, 0.4) is 0 Å². The zero-order valence-electron chi connectivity index (χ0n) is 11.5. The maximum absolute atomic E-state index is 6.21. The molecular weight excluding hydrogens is 250 g/mol. The van der Waals surface area contributed by atoms with Crippen molar-refractivity contribution < 1.29 is 9.47 Å². The summed E-state index contributed by atoms with van der Waals surface area (Å²) in [7, 11) is 3.35. The molecule has 0 saturated carbocycles. The summed E-state index contributed by atoms with van der Waals surface area (Å²) in [6.45, 7) is 4.10. The number of hydrogen-bond acceptors (Lipinski definition) is 3. The fourth-order valence-corrected chi connectivity index (χ4v) is 1.94. The molecule has 1 aromatic carbocycles. The fraction of sp³-hybridized carbons (Fsp3) is 0.571. The van der Waals surface area contributed by atoms with Crippen molar-refractivity contribution in [1.29, 1.82) is 0 Å². The summed E-state index contributed by atoms with van der Waals surface area (Å²) in [4.78, 5) is 0. The van der Waals surface area contributed by atoms with Gasteiger partial charge in [0.2, 0.25) is 0 Å². The van der Waals surface area contributed by atoms with Gasteiger partial charge in [-0.25, -0.2) is 0 Å². The second-order valence-corrected chi connectivity index (χ2v) is 5.43. The third-order valence-electron chi connectivity index (χ3n) is 3.20. The molecule has 0 aromatic heterocycles. The minimum absolute atomic E-state index is 0.104. The number of benzene rings is 1. The van der Waals surface area contributed by atoms with Crippen molar-refractivity contribution in [1.82, 2.24) is 0 Å². The normalized spacial score (nSPS) is 13.4. The molecule has 1 atom stereocenters. The van der Waals surface area contributed by atoms with Crippen molar-refractivity contribution in [2.24, 2.45) is 5.73 Å². The Morgan fingerprint density at radius 3 is 2.56 bits per heavy atom. The third-order valence-corrected chi connectivity index (χ3v) is 3.44. The molecule has 2 N–H and O–H groups in total. The summed E-state index contributed by atoms with van der Waals surface area (Å²) < 4.78 is 10.7. The largest absolute Gasteiger partial charge is 0.496 e. The van der Waals surface area contributed by atoms with Crippen molar-refractivity contribution in [2.45, 2.75) is 38.3 Å². The number of ether oxygens (including phenoxy) is 2. The number of methoxy groups -OCH3 is 2. The molecule has 0 aliphatic heterocycles. The molecule has 0 saturated heterocycles. The molecule has 0 aliphatic rings. The van der Waals surface area contributed by atoms with Gasteiger partial charge in [-0.3, -0.25) is 0 Å². The van der Waals surface area contributed by atoms with Crippen molar-refractivity contribution in [3.63, 3.8) is 0 Å². The minimum Gasteiger partial charge on any atom is -0.496 e. The summed E-state index contributed by atoms with van der Waals surface area (Å²) in [5.74, 6) is 0.780. The molecule has 1 rings (SSSR count). The Hall–Kier alpha value is -0.770. The monoisotopic (exact) mass is 271 g/mol. The van der Waals surface area contributed by atoms with E-state index < -0.39 is 0 Å². The van der Waals surface area contributed by atoms with Gasteiger partial charge in [0.25, 0.3) is 0 Å². The predicted octanol–water partition coefficient (Wildman–Crippen LogP) is 3.55. The second-order valence-electron chi connectivity index (χ2n) is 5.00. The van der Waals surface area contributed by atoms with Crippen LogP contribution < -0.4 is 10.5 Å². The van der Waals surface area contributed by atoms with Crippen LogP contribution in [0, 0.1) is 0 Å². The van der Waals surface area contributed by atoms with Gasteiger partial charge in [-0.05, 0) is 44.9 Å². The highest BCUT2D eigenvalue weighted by atomic mass is 35.5. The minimum atomic E-state index is -0.163. The maximum Gasteiger partial charge on any atom is 0.123 e. The van der Waals surface area contributed by atoms with Crippen molar-refractivity contribution in [2.75, 3.05) is 14.2 Å². The molecule has 4 heteroatoms. The van der Waals surface area contributed by atoms with E-state index in [0.717, 1.165) is 24.2 Å². The van der Waals surface area contributed by atoms with Gasteiger partial charge in [0, 0.05) is 23.7 Å². The molecule has 1 aromatic rings. The Labute approximate surface area is 114 Å². The summed E-state index contributed by atoms with van der Waals surface area (Å²) in [5.41, 5.74) is 6.99. The maximum atomic E-state index is 6.21. The number of halogens is 1. The molecular formula is C14H22ClNO2. The van der Waals surface area contributed by atoms with Crippen LogP contribution in [0.15, 0.2) is 18.2 Å². The number of nitrogens with two attached hydrogens (primary N) is 1.